The van der Waals surface area contributed by atoms with E-state index in [0.29, 0.717) is 25.6 Å². The maximum Gasteiger partial charge on any atom is 0.313 e. The van der Waals surface area contributed by atoms with Crippen LogP contribution in [0, 0.1) is 11.3 Å². The SMILES string of the molecule is O=C(O)[C@@]12CNC[C@@H]1CN(c1nccc(N3CCC(O)CC3)n1)C2. The van der Waals surface area contributed by atoms with Crippen LogP contribution >= 0.6 is 0 Å². The van der Waals surface area contributed by atoms with E-state index in [0.717, 1.165) is 38.3 Å². The molecule has 3 fully saturated rings. The Morgan fingerprint density at radius 3 is 2.83 bits per heavy atom. The third-order valence-electron chi connectivity index (χ3n) is 5.65. The van der Waals surface area contributed by atoms with Crippen LogP contribution in [0.15, 0.2) is 12.3 Å². The molecule has 3 aliphatic heterocycles. The summed E-state index contributed by atoms with van der Waals surface area (Å²) in [5, 5.41) is 22.5. The number of carbonyl (C=O) groups is 1. The summed E-state index contributed by atoms with van der Waals surface area (Å²) >= 11 is 0. The van der Waals surface area contributed by atoms with Gasteiger partial charge >= 0.3 is 5.97 Å². The van der Waals surface area contributed by atoms with Crippen molar-refractivity contribution in [3.8, 4) is 0 Å². The molecule has 8 heteroatoms. The number of hydrogen-bond acceptors (Lipinski definition) is 7. The first kappa shape index (κ1) is 15.6. The molecule has 4 rings (SSSR count). The molecule has 1 aromatic rings. The van der Waals surface area contributed by atoms with Gasteiger partial charge in [-0.2, -0.15) is 4.98 Å². The van der Waals surface area contributed by atoms with E-state index in [1.54, 1.807) is 6.20 Å². The number of anilines is 2. The van der Waals surface area contributed by atoms with E-state index in [2.05, 4.69) is 20.2 Å². The first-order valence-corrected chi connectivity index (χ1v) is 8.53. The van der Waals surface area contributed by atoms with Gasteiger partial charge < -0.3 is 25.3 Å². The Hall–Kier alpha value is -1.93. The molecule has 4 heterocycles. The Bertz CT molecular complexity index is 634. The topological polar surface area (TPSA) is 102 Å². The van der Waals surface area contributed by atoms with Gasteiger partial charge in [-0.3, -0.25) is 4.79 Å². The number of carboxylic acids is 1. The molecule has 3 saturated heterocycles. The molecule has 24 heavy (non-hydrogen) atoms. The monoisotopic (exact) mass is 333 g/mol. The highest BCUT2D eigenvalue weighted by molar-refractivity contribution is 5.78. The van der Waals surface area contributed by atoms with Crippen molar-refractivity contribution in [2.45, 2.75) is 18.9 Å². The first-order chi connectivity index (χ1) is 11.6. The Labute approximate surface area is 140 Å². The summed E-state index contributed by atoms with van der Waals surface area (Å²) in [5.41, 5.74) is -0.728. The zero-order chi connectivity index (χ0) is 16.7. The molecule has 2 atom stereocenters. The molecule has 0 spiro atoms. The second-order valence-corrected chi connectivity index (χ2v) is 7.10. The van der Waals surface area contributed by atoms with Gasteiger partial charge in [0, 0.05) is 51.4 Å². The predicted molar refractivity (Wildman–Crippen MR) is 88.1 cm³/mol. The largest absolute Gasteiger partial charge is 0.481 e. The van der Waals surface area contributed by atoms with Crippen LogP contribution in [0.4, 0.5) is 11.8 Å². The Morgan fingerprint density at radius 2 is 2.12 bits per heavy atom. The van der Waals surface area contributed by atoms with Crippen molar-refractivity contribution in [2.75, 3.05) is 49.1 Å². The van der Waals surface area contributed by atoms with Crippen LogP contribution in [0.5, 0.6) is 0 Å². The van der Waals surface area contributed by atoms with Crippen LogP contribution in [0.25, 0.3) is 0 Å². The quantitative estimate of drug-likeness (QED) is 0.684. The van der Waals surface area contributed by atoms with E-state index >= 15 is 0 Å². The van der Waals surface area contributed by atoms with Crippen LogP contribution in [0.3, 0.4) is 0 Å². The number of rotatable bonds is 3. The number of hydrogen-bond donors (Lipinski definition) is 3. The maximum atomic E-state index is 11.8. The molecule has 0 amide bonds. The fourth-order valence-electron chi connectivity index (χ4n) is 4.14. The molecule has 0 radical (unpaired) electrons. The van der Waals surface area contributed by atoms with Crippen LogP contribution in [-0.2, 0) is 4.79 Å². The molecule has 3 N–H and O–H groups in total. The number of nitrogens with zero attached hydrogens (tertiary/aromatic N) is 4. The number of nitrogens with one attached hydrogen (secondary N) is 1. The number of piperidine rings is 1. The summed E-state index contributed by atoms with van der Waals surface area (Å²) in [5.74, 6) is 0.814. The van der Waals surface area contributed by atoms with E-state index in [1.165, 1.54) is 0 Å². The third-order valence-corrected chi connectivity index (χ3v) is 5.65. The van der Waals surface area contributed by atoms with Crippen molar-refractivity contribution >= 4 is 17.7 Å². The average Bonchev–Trinajstić information content (AvgIpc) is 3.14. The smallest absolute Gasteiger partial charge is 0.313 e. The van der Waals surface area contributed by atoms with Gasteiger partial charge in [0.15, 0.2) is 0 Å². The molecule has 0 aromatic carbocycles. The lowest BCUT2D eigenvalue weighted by molar-refractivity contribution is -0.148. The van der Waals surface area contributed by atoms with Gasteiger partial charge in [-0.1, -0.05) is 0 Å². The fraction of sp³-hybridized carbons (Fsp3) is 0.688. The molecule has 0 saturated carbocycles. The second-order valence-electron chi connectivity index (χ2n) is 7.10. The number of aliphatic hydroxyl groups excluding tert-OH is 1. The normalized spacial score (nSPS) is 30.6. The van der Waals surface area contributed by atoms with Gasteiger partial charge in [0.2, 0.25) is 5.95 Å². The van der Waals surface area contributed by atoms with E-state index in [1.807, 2.05) is 11.0 Å². The Morgan fingerprint density at radius 1 is 1.33 bits per heavy atom. The van der Waals surface area contributed by atoms with Crippen LogP contribution in [0.1, 0.15) is 12.8 Å². The van der Waals surface area contributed by atoms with Crippen molar-refractivity contribution < 1.29 is 15.0 Å². The highest BCUT2D eigenvalue weighted by Gasteiger charge is 2.55. The standard InChI is InChI=1S/C16H23N5O3/c22-12-2-5-20(6-3-12)13-1-4-18-15(19-13)21-8-11-7-17-9-16(11,10-21)14(23)24/h1,4,11-12,17,22H,2-3,5-10H2,(H,23,24)/t11-,16-/m1/s1. The first-order valence-electron chi connectivity index (χ1n) is 8.53. The molecule has 0 aliphatic carbocycles. The fourth-order valence-corrected chi connectivity index (χ4v) is 4.14. The van der Waals surface area contributed by atoms with Gasteiger partial charge in [-0.15, -0.1) is 0 Å². The molecule has 8 nitrogen and oxygen atoms in total. The highest BCUT2D eigenvalue weighted by atomic mass is 16.4. The number of carboxylic acid groups (broad SMARTS) is 1. The molecular weight excluding hydrogens is 310 g/mol. The Balaban J connectivity index is 1.53. The molecule has 3 aliphatic rings. The number of fused-ring (bicyclic) bond motifs is 1. The second kappa shape index (κ2) is 5.86. The number of aliphatic hydroxyl groups is 1. The van der Waals surface area contributed by atoms with Crippen molar-refractivity contribution in [3.63, 3.8) is 0 Å². The maximum absolute atomic E-state index is 11.8. The van der Waals surface area contributed by atoms with Gasteiger partial charge in [-0.25, -0.2) is 4.98 Å². The van der Waals surface area contributed by atoms with E-state index in [-0.39, 0.29) is 12.0 Å². The minimum atomic E-state index is -0.735. The number of aromatic nitrogens is 2. The Kier molecular flexibility index (Phi) is 3.80. The van der Waals surface area contributed by atoms with Gasteiger partial charge in [0.1, 0.15) is 11.2 Å². The van der Waals surface area contributed by atoms with Crippen LogP contribution < -0.4 is 15.1 Å². The molecule has 130 valence electrons. The van der Waals surface area contributed by atoms with Crippen LogP contribution in [0.2, 0.25) is 0 Å². The minimum absolute atomic E-state index is 0.0902. The van der Waals surface area contributed by atoms with E-state index < -0.39 is 11.4 Å². The number of aliphatic carboxylic acids is 1. The summed E-state index contributed by atoms with van der Waals surface area (Å²) < 4.78 is 0. The highest BCUT2D eigenvalue weighted by Crippen LogP contribution is 2.40. The van der Waals surface area contributed by atoms with Crippen molar-refractivity contribution in [3.05, 3.63) is 12.3 Å². The molecular formula is C16H23N5O3. The summed E-state index contributed by atoms with van der Waals surface area (Å²) in [6, 6.07) is 1.88. The lowest BCUT2D eigenvalue weighted by Gasteiger charge is -2.31. The van der Waals surface area contributed by atoms with E-state index in [9.17, 15) is 15.0 Å². The van der Waals surface area contributed by atoms with Gasteiger partial charge in [0.05, 0.1) is 6.10 Å². The zero-order valence-electron chi connectivity index (χ0n) is 13.6. The van der Waals surface area contributed by atoms with Crippen LogP contribution in [-0.4, -0.2) is 71.5 Å². The molecule has 1 aromatic heterocycles. The summed E-state index contributed by atoms with van der Waals surface area (Å²) in [6.07, 6.45) is 3.02. The van der Waals surface area contributed by atoms with Gasteiger partial charge in [-0.05, 0) is 18.9 Å². The average molecular weight is 333 g/mol. The van der Waals surface area contributed by atoms with Crippen molar-refractivity contribution in [2.24, 2.45) is 11.3 Å². The lowest BCUT2D eigenvalue weighted by Crippen LogP contribution is -2.40. The summed E-state index contributed by atoms with van der Waals surface area (Å²) in [4.78, 5) is 25.0. The molecule has 0 unspecified atom stereocenters. The van der Waals surface area contributed by atoms with Crippen molar-refractivity contribution in [1.82, 2.24) is 15.3 Å². The minimum Gasteiger partial charge on any atom is -0.481 e. The predicted octanol–water partition coefficient (Wildman–Crippen LogP) is -0.452. The lowest BCUT2D eigenvalue weighted by atomic mass is 9.81. The van der Waals surface area contributed by atoms with Crippen molar-refractivity contribution in [1.29, 1.82) is 0 Å². The van der Waals surface area contributed by atoms with E-state index in [4.69, 9.17) is 0 Å². The third kappa shape index (κ3) is 2.50. The molecule has 0 bridgehead atoms. The summed E-state index contributed by atoms with van der Waals surface area (Å²) in [7, 11) is 0. The summed E-state index contributed by atoms with van der Waals surface area (Å²) in [6.45, 7) is 3.91. The van der Waals surface area contributed by atoms with Gasteiger partial charge in [0.25, 0.3) is 0 Å². The zero-order valence-corrected chi connectivity index (χ0v) is 13.6.